The second-order valence-electron chi connectivity index (χ2n) is 5.96. The number of hydrogen-bond donors (Lipinski definition) is 0. The van der Waals surface area contributed by atoms with E-state index in [4.69, 9.17) is 4.74 Å². The van der Waals surface area contributed by atoms with Crippen molar-refractivity contribution in [3.05, 3.63) is 104 Å². The van der Waals surface area contributed by atoms with Gasteiger partial charge < -0.3 is 4.74 Å². The van der Waals surface area contributed by atoms with Gasteiger partial charge in [0.2, 0.25) is 0 Å². The molecule has 0 aliphatic heterocycles. The summed E-state index contributed by atoms with van der Waals surface area (Å²) < 4.78 is 6.85. The van der Waals surface area contributed by atoms with Gasteiger partial charge in [0.05, 0.1) is 16.6 Å². The van der Waals surface area contributed by atoms with Crippen molar-refractivity contribution in [1.29, 1.82) is 5.26 Å². The Balaban J connectivity index is 1.76. The molecule has 3 aromatic rings. The predicted molar refractivity (Wildman–Crippen MR) is 111 cm³/mol. The first kappa shape index (κ1) is 19.3. The van der Waals surface area contributed by atoms with Gasteiger partial charge in [-0.25, -0.2) is 0 Å². The van der Waals surface area contributed by atoms with Gasteiger partial charge in [0.1, 0.15) is 12.4 Å². The highest BCUT2D eigenvalue weighted by Crippen LogP contribution is 2.23. The van der Waals surface area contributed by atoms with Crippen LogP contribution < -0.4 is 4.74 Å². The van der Waals surface area contributed by atoms with E-state index in [1.54, 1.807) is 18.2 Å². The largest absolute Gasteiger partial charge is 0.489 e. The molecule has 0 atom stereocenters. The van der Waals surface area contributed by atoms with Crippen molar-refractivity contribution in [2.24, 2.45) is 0 Å². The standard InChI is InChI=1S/C22H15BrN2O3/c23-20-8-4-16(5-9-20)15-28-22-3-1-2-17(13-22)12-19(14-24)18-6-10-21(11-7-18)25(26)27/h1-13H,15H2/b19-12-. The van der Waals surface area contributed by atoms with Crippen LogP contribution in [0, 0.1) is 21.4 Å². The van der Waals surface area contributed by atoms with Crippen LogP contribution in [0.4, 0.5) is 5.69 Å². The SMILES string of the molecule is N#C/C(=C/c1cccc(OCc2ccc(Br)cc2)c1)c1ccc([N+](=O)[O-])cc1. The molecule has 28 heavy (non-hydrogen) atoms. The smallest absolute Gasteiger partial charge is 0.269 e. The molecule has 0 fully saturated rings. The lowest BCUT2D eigenvalue weighted by atomic mass is 10.0. The molecule has 0 saturated heterocycles. The van der Waals surface area contributed by atoms with Gasteiger partial charge in [-0.1, -0.05) is 40.2 Å². The number of allylic oxidation sites excluding steroid dienone is 1. The number of ether oxygens (including phenoxy) is 1. The third kappa shape index (κ3) is 5.06. The van der Waals surface area contributed by atoms with Crippen molar-refractivity contribution in [3.8, 4) is 11.8 Å². The molecule has 138 valence electrons. The summed E-state index contributed by atoms with van der Waals surface area (Å²) in [6.07, 6.45) is 1.73. The summed E-state index contributed by atoms with van der Waals surface area (Å²) in [5.74, 6) is 0.692. The minimum absolute atomic E-state index is 0.00983. The van der Waals surface area contributed by atoms with E-state index >= 15 is 0 Å². The summed E-state index contributed by atoms with van der Waals surface area (Å²) in [5, 5.41) is 20.2. The summed E-state index contributed by atoms with van der Waals surface area (Å²) >= 11 is 3.40. The molecule has 5 nitrogen and oxygen atoms in total. The van der Waals surface area contributed by atoms with E-state index in [-0.39, 0.29) is 5.69 Å². The van der Waals surface area contributed by atoms with E-state index in [2.05, 4.69) is 22.0 Å². The third-order valence-corrected chi connectivity index (χ3v) is 4.53. The highest BCUT2D eigenvalue weighted by atomic mass is 79.9. The number of nitriles is 1. The van der Waals surface area contributed by atoms with Gasteiger partial charge in [-0.15, -0.1) is 0 Å². The van der Waals surface area contributed by atoms with E-state index in [0.717, 1.165) is 15.6 Å². The maximum Gasteiger partial charge on any atom is 0.269 e. The van der Waals surface area contributed by atoms with Gasteiger partial charge in [0, 0.05) is 16.6 Å². The Bertz CT molecular complexity index is 1050. The van der Waals surface area contributed by atoms with Gasteiger partial charge in [0.25, 0.3) is 5.69 Å². The molecule has 0 heterocycles. The topological polar surface area (TPSA) is 76.2 Å². The Kier molecular flexibility index (Phi) is 6.20. The van der Waals surface area contributed by atoms with Gasteiger partial charge in [-0.05, 0) is 59.2 Å². The second kappa shape index (κ2) is 8.98. The molecule has 0 aromatic heterocycles. The fourth-order valence-corrected chi connectivity index (χ4v) is 2.82. The van der Waals surface area contributed by atoms with Crippen LogP contribution in [0.3, 0.4) is 0 Å². The summed E-state index contributed by atoms with van der Waals surface area (Å²) in [7, 11) is 0. The highest BCUT2D eigenvalue weighted by Gasteiger charge is 2.07. The number of non-ortho nitro benzene ring substituents is 1. The number of rotatable bonds is 6. The average molecular weight is 435 g/mol. The number of nitro benzene ring substituents is 1. The lowest BCUT2D eigenvalue weighted by molar-refractivity contribution is -0.384. The molecule has 3 rings (SSSR count). The number of halogens is 1. The summed E-state index contributed by atoms with van der Waals surface area (Å²) in [6.45, 7) is 0.438. The van der Waals surface area contributed by atoms with Gasteiger partial charge in [-0.2, -0.15) is 5.26 Å². The second-order valence-corrected chi connectivity index (χ2v) is 6.88. The third-order valence-electron chi connectivity index (χ3n) is 4.00. The minimum atomic E-state index is -0.466. The first-order valence-electron chi connectivity index (χ1n) is 8.39. The summed E-state index contributed by atoms with van der Waals surface area (Å²) in [6, 6.07) is 23.4. The molecule has 0 N–H and O–H groups in total. The maximum absolute atomic E-state index is 10.8. The van der Waals surface area contributed by atoms with Crippen LogP contribution in [0.25, 0.3) is 11.6 Å². The van der Waals surface area contributed by atoms with Crippen LogP contribution in [-0.2, 0) is 6.61 Å². The van der Waals surface area contributed by atoms with Crippen molar-refractivity contribution in [2.45, 2.75) is 6.61 Å². The van der Waals surface area contributed by atoms with Crippen LogP contribution in [0.15, 0.2) is 77.3 Å². The zero-order chi connectivity index (χ0) is 19.9. The van der Waals surface area contributed by atoms with Gasteiger partial charge >= 0.3 is 0 Å². The van der Waals surface area contributed by atoms with Gasteiger partial charge in [-0.3, -0.25) is 10.1 Å². The number of nitro groups is 1. The molecule has 0 saturated carbocycles. The van der Waals surface area contributed by atoms with E-state index in [0.29, 0.717) is 23.5 Å². The molecular formula is C22H15BrN2O3. The number of benzene rings is 3. The first-order chi connectivity index (χ1) is 13.5. The Morgan fingerprint density at radius 3 is 2.46 bits per heavy atom. The molecule has 6 heteroatoms. The molecule has 0 unspecified atom stereocenters. The summed E-state index contributed by atoms with van der Waals surface area (Å²) in [4.78, 5) is 10.3. The molecule has 0 bridgehead atoms. The van der Waals surface area contributed by atoms with Crippen molar-refractivity contribution in [1.82, 2.24) is 0 Å². The van der Waals surface area contributed by atoms with Crippen LogP contribution >= 0.6 is 15.9 Å². The average Bonchev–Trinajstić information content (AvgIpc) is 2.72. The zero-order valence-corrected chi connectivity index (χ0v) is 16.3. The summed E-state index contributed by atoms with van der Waals surface area (Å²) in [5.41, 5.74) is 2.88. The van der Waals surface area contributed by atoms with Gasteiger partial charge in [0.15, 0.2) is 0 Å². The van der Waals surface area contributed by atoms with Crippen molar-refractivity contribution < 1.29 is 9.66 Å². The molecule has 0 radical (unpaired) electrons. The normalized spacial score (nSPS) is 10.9. The van der Waals surface area contributed by atoms with Crippen LogP contribution in [-0.4, -0.2) is 4.92 Å². The van der Waals surface area contributed by atoms with Crippen LogP contribution in [0.1, 0.15) is 16.7 Å². The predicted octanol–water partition coefficient (Wildman–Crippen LogP) is 6.00. The number of nitrogens with zero attached hydrogens (tertiary/aromatic N) is 2. The van der Waals surface area contributed by atoms with Crippen LogP contribution in [0.5, 0.6) is 5.75 Å². The van der Waals surface area contributed by atoms with Crippen LogP contribution in [0.2, 0.25) is 0 Å². The van der Waals surface area contributed by atoms with Crippen molar-refractivity contribution >= 4 is 33.3 Å². The van der Waals surface area contributed by atoms with E-state index < -0.39 is 4.92 Å². The molecule has 3 aromatic carbocycles. The molecular weight excluding hydrogens is 420 g/mol. The molecule has 0 amide bonds. The monoisotopic (exact) mass is 434 g/mol. The molecule has 0 aliphatic rings. The molecule has 0 aliphatic carbocycles. The minimum Gasteiger partial charge on any atom is -0.489 e. The Labute approximate surface area is 170 Å². The first-order valence-corrected chi connectivity index (χ1v) is 9.18. The highest BCUT2D eigenvalue weighted by molar-refractivity contribution is 9.10. The Morgan fingerprint density at radius 2 is 1.82 bits per heavy atom. The zero-order valence-electron chi connectivity index (χ0n) is 14.7. The van der Waals surface area contributed by atoms with E-state index in [9.17, 15) is 15.4 Å². The molecule has 0 spiro atoms. The quantitative estimate of drug-likeness (QED) is 0.206. The maximum atomic E-state index is 10.8. The van der Waals surface area contributed by atoms with Crippen molar-refractivity contribution in [3.63, 3.8) is 0 Å². The Morgan fingerprint density at radius 1 is 1.11 bits per heavy atom. The lowest BCUT2D eigenvalue weighted by Crippen LogP contribution is -1.95. The Hall–Kier alpha value is -3.43. The fraction of sp³-hybridized carbons (Fsp3) is 0.0455. The lowest BCUT2D eigenvalue weighted by Gasteiger charge is -2.07. The van der Waals surface area contributed by atoms with E-state index in [1.165, 1.54) is 12.1 Å². The number of hydrogen-bond acceptors (Lipinski definition) is 4. The van der Waals surface area contributed by atoms with Crippen molar-refractivity contribution in [2.75, 3.05) is 0 Å². The fourth-order valence-electron chi connectivity index (χ4n) is 2.55. The van der Waals surface area contributed by atoms with E-state index in [1.807, 2.05) is 48.5 Å².